The van der Waals surface area contributed by atoms with Crippen LogP contribution in [-0.4, -0.2) is 5.33 Å². The Labute approximate surface area is 113 Å². The Morgan fingerprint density at radius 3 is 2.50 bits per heavy atom. The van der Waals surface area contributed by atoms with Crippen molar-refractivity contribution in [3.63, 3.8) is 0 Å². The van der Waals surface area contributed by atoms with Crippen molar-refractivity contribution in [1.29, 1.82) is 0 Å². The van der Waals surface area contributed by atoms with E-state index in [1.165, 1.54) is 11.1 Å². The van der Waals surface area contributed by atoms with Gasteiger partial charge in [0.15, 0.2) is 0 Å². The number of rotatable bonds is 4. The van der Waals surface area contributed by atoms with Crippen LogP contribution in [0.3, 0.4) is 0 Å². The standard InChI is InChI=1S/C13H12BrClS/c14-8-12(7-10-5-6-16-9-10)11-1-3-13(15)4-2-11/h1-6,9,12H,7-8H2. The molecule has 0 fully saturated rings. The Balaban J connectivity index is 2.13. The summed E-state index contributed by atoms with van der Waals surface area (Å²) in [7, 11) is 0. The molecule has 0 nitrogen and oxygen atoms in total. The van der Waals surface area contributed by atoms with Crippen molar-refractivity contribution >= 4 is 38.9 Å². The second-order valence-electron chi connectivity index (χ2n) is 3.74. The van der Waals surface area contributed by atoms with Gasteiger partial charge in [0.1, 0.15) is 0 Å². The smallest absolute Gasteiger partial charge is 0.0406 e. The maximum atomic E-state index is 5.89. The zero-order valence-corrected chi connectivity index (χ0v) is 11.9. The van der Waals surface area contributed by atoms with Crippen molar-refractivity contribution in [2.24, 2.45) is 0 Å². The number of halogens is 2. The summed E-state index contributed by atoms with van der Waals surface area (Å²) in [6.07, 6.45) is 1.08. The van der Waals surface area contributed by atoms with E-state index in [1.54, 1.807) is 11.3 Å². The SMILES string of the molecule is Clc1ccc(C(CBr)Cc2ccsc2)cc1. The highest BCUT2D eigenvalue weighted by Crippen LogP contribution is 2.25. The highest BCUT2D eigenvalue weighted by atomic mass is 79.9. The molecule has 1 unspecified atom stereocenters. The normalized spacial score (nSPS) is 12.6. The lowest BCUT2D eigenvalue weighted by molar-refractivity contribution is 0.778. The lowest BCUT2D eigenvalue weighted by Crippen LogP contribution is -2.03. The van der Waals surface area contributed by atoms with Crippen LogP contribution in [0, 0.1) is 0 Å². The van der Waals surface area contributed by atoms with Crippen LogP contribution in [-0.2, 0) is 6.42 Å². The molecule has 0 radical (unpaired) electrons. The van der Waals surface area contributed by atoms with E-state index in [0.29, 0.717) is 5.92 Å². The first-order chi connectivity index (χ1) is 7.79. The van der Waals surface area contributed by atoms with Gasteiger partial charge in [-0.15, -0.1) is 0 Å². The van der Waals surface area contributed by atoms with Crippen molar-refractivity contribution in [3.05, 3.63) is 57.2 Å². The van der Waals surface area contributed by atoms with Crippen LogP contribution >= 0.6 is 38.9 Å². The van der Waals surface area contributed by atoms with Gasteiger partial charge in [-0.1, -0.05) is 39.7 Å². The first-order valence-corrected chi connectivity index (χ1v) is 7.56. The molecule has 1 aromatic carbocycles. The largest absolute Gasteiger partial charge is 0.152 e. The quantitative estimate of drug-likeness (QED) is 0.687. The van der Waals surface area contributed by atoms with Crippen LogP contribution in [0.4, 0.5) is 0 Å². The van der Waals surface area contributed by atoms with Gasteiger partial charge in [0, 0.05) is 10.4 Å². The summed E-state index contributed by atoms with van der Waals surface area (Å²) in [4.78, 5) is 0. The van der Waals surface area contributed by atoms with E-state index in [2.05, 4.69) is 44.9 Å². The second-order valence-corrected chi connectivity index (χ2v) is 5.60. The summed E-state index contributed by atoms with van der Waals surface area (Å²) in [6, 6.07) is 10.3. The molecule has 2 rings (SSSR count). The number of benzene rings is 1. The highest BCUT2D eigenvalue weighted by Gasteiger charge is 2.11. The van der Waals surface area contributed by atoms with E-state index in [-0.39, 0.29) is 0 Å². The van der Waals surface area contributed by atoms with Crippen molar-refractivity contribution < 1.29 is 0 Å². The predicted molar refractivity (Wildman–Crippen MR) is 76.0 cm³/mol. The van der Waals surface area contributed by atoms with Gasteiger partial charge in [-0.25, -0.2) is 0 Å². The minimum absolute atomic E-state index is 0.520. The molecule has 1 aromatic heterocycles. The number of alkyl halides is 1. The fourth-order valence-electron chi connectivity index (χ4n) is 1.69. The van der Waals surface area contributed by atoms with Gasteiger partial charge in [-0.2, -0.15) is 11.3 Å². The average molecular weight is 316 g/mol. The Hall–Kier alpha value is -0.310. The fraction of sp³-hybridized carbons (Fsp3) is 0.231. The third-order valence-electron chi connectivity index (χ3n) is 2.59. The molecule has 0 N–H and O–H groups in total. The van der Waals surface area contributed by atoms with E-state index in [1.807, 2.05) is 12.1 Å². The fourth-order valence-corrected chi connectivity index (χ4v) is 3.10. The Kier molecular flexibility index (Phi) is 4.45. The molecular weight excluding hydrogens is 304 g/mol. The molecular formula is C13H12BrClS. The van der Waals surface area contributed by atoms with Crippen molar-refractivity contribution in [2.45, 2.75) is 12.3 Å². The number of thiophene rings is 1. The van der Waals surface area contributed by atoms with E-state index in [0.717, 1.165) is 16.8 Å². The molecule has 16 heavy (non-hydrogen) atoms. The maximum Gasteiger partial charge on any atom is 0.0406 e. The van der Waals surface area contributed by atoms with Gasteiger partial charge in [0.25, 0.3) is 0 Å². The summed E-state index contributed by atoms with van der Waals surface area (Å²) >= 11 is 11.2. The molecule has 0 saturated heterocycles. The van der Waals surface area contributed by atoms with Gasteiger partial charge in [-0.05, 0) is 52.4 Å². The molecule has 1 heterocycles. The molecule has 0 bridgehead atoms. The molecule has 0 aliphatic heterocycles. The topological polar surface area (TPSA) is 0 Å². The number of hydrogen-bond acceptors (Lipinski definition) is 1. The Morgan fingerprint density at radius 1 is 1.19 bits per heavy atom. The monoisotopic (exact) mass is 314 g/mol. The lowest BCUT2D eigenvalue weighted by atomic mass is 9.95. The molecule has 0 spiro atoms. The molecule has 0 aliphatic rings. The van der Waals surface area contributed by atoms with Crippen molar-refractivity contribution in [1.82, 2.24) is 0 Å². The Morgan fingerprint density at radius 2 is 1.94 bits per heavy atom. The van der Waals surface area contributed by atoms with Gasteiger partial charge < -0.3 is 0 Å². The van der Waals surface area contributed by atoms with Crippen molar-refractivity contribution in [2.75, 3.05) is 5.33 Å². The van der Waals surface area contributed by atoms with E-state index >= 15 is 0 Å². The van der Waals surface area contributed by atoms with Crippen LogP contribution in [0.25, 0.3) is 0 Å². The van der Waals surface area contributed by atoms with E-state index in [4.69, 9.17) is 11.6 Å². The lowest BCUT2D eigenvalue weighted by Gasteiger charge is -2.13. The zero-order chi connectivity index (χ0) is 11.4. The summed E-state index contributed by atoms with van der Waals surface area (Å²) in [5.41, 5.74) is 2.75. The van der Waals surface area contributed by atoms with Gasteiger partial charge in [0.2, 0.25) is 0 Å². The molecule has 0 amide bonds. The zero-order valence-electron chi connectivity index (χ0n) is 8.70. The number of hydrogen-bond donors (Lipinski definition) is 0. The molecule has 0 aliphatic carbocycles. The first kappa shape index (κ1) is 12.2. The van der Waals surface area contributed by atoms with Gasteiger partial charge in [-0.3, -0.25) is 0 Å². The molecule has 0 saturated carbocycles. The van der Waals surface area contributed by atoms with Crippen LogP contribution in [0.1, 0.15) is 17.0 Å². The van der Waals surface area contributed by atoms with Crippen LogP contribution < -0.4 is 0 Å². The van der Waals surface area contributed by atoms with Gasteiger partial charge >= 0.3 is 0 Å². The summed E-state index contributed by atoms with van der Waals surface area (Å²) in [5, 5.41) is 6.12. The van der Waals surface area contributed by atoms with Crippen LogP contribution in [0.2, 0.25) is 5.02 Å². The predicted octanol–water partition coefficient (Wildman–Crippen LogP) is 5.12. The van der Waals surface area contributed by atoms with Crippen LogP contribution in [0.15, 0.2) is 41.1 Å². The first-order valence-electron chi connectivity index (χ1n) is 5.12. The third-order valence-corrected chi connectivity index (χ3v) is 4.36. The van der Waals surface area contributed by atoms with E-state index < -0.39 is 0 Å². The van der Waals surface area contributed by atoms with Crippen molar-refractivity contribution in [3.8, 4) is 0 Å². The summed E-state index contributed by atoms with van der Waals surface area (Å²) < 4.78 is 0. The van der Waals surface area contributed by atoms with Gasteiger partial charge in [0.05, 0.1) is 0 Å². The third kappa shape index (κ3) is 3.09. The second kappa shape index (κ2) is 5.85. The van der Waals surface area contributed by atoms with Crippen LogP contribution in [0.5, 0.6) is 0 Å². The van der Waals surface area contributed by atoms with E-state index in [9.17, 15) is 0 Å². The molecule has 3 heteroatoms. The molecule has 1 atom stereocenters. The summed E-state index contributed by atoms with van der Waals surface area (Å²) in [5.74, 6) is 0.520. The summed E-state index contributed by atoms with van der Waals surface area (Å²) in [6.45, 7) is 0. The molecule has 2 aromatic rings. The average Bonchev–Trinajstić information content (AvgIpc) is 2.80. The highest BCUT2D eigenvalue weighted by molar-refractivity contribution is 9.09. The molecule has 84 valence electrons. The Bertz CT molecular complexity index is 422. The minimum atomic E-state index is 0.520. The maximum absolute atomic E-state index is 5.89. The minimum Gasteiger partial charge on any atom is -0.152 e.